The summed E-state index contributed by atoms with van der Waals surface area (Å²) in [5.74, 6) is -0.0618. The maximum atomic E-state index is 12.4. The third-order valence-corrected chi connectivity index (χ3v) is 3.46. The van der Waals surface area contributed by atoms with E-state index in [2.05, 4.69) is 5.32 Å². The highest BCUT2D eigenvalue weighted by molar-refractivity contribution is 5.95. The van der Waals surface area contributed by atoms with Crippen LogP contribution in [0.4, 0.5) is 0 Å². The molecule has 1 aliphatic rings. The third-order valence-electron chi connectivity index (χ3n) is 3.46. The SMILES string of the molecule is COCCOCCCCN1CC(=O)NC(C(C)(C)C)C1=O. The molecule has 0 aromatic heterocycles. The summed E-state index contributed by atoms with van der Waals surface area (Å²) in [5, 5.41) is 2.79. The Labute approximate surface area is 127 Å². The largest absolute Gasteiger partial charge is 0.382 e. The Bertz CT molecular complexity index is 352. The molecule has 1 rings (SSSR count). The highest BCUT2D eigenvalue weighted by Gasteiger charge is 2.39. The van der Waals surface area contributed by atoms with Crippen LogP contribution in [0, 0.1) is 5.41 Å². The van der Waals surface area contributed by atoms with Gasteiger partial charge in [0.1, 0.15) is 6.04 Å². The zero-order valence-corrected chi connectivity index (χ0v) is 13.6. The van der Waals surface area contributed by atoms with Crippen molar-refractivity contribution in [3.05, 3.63) is 0 Å². The van der Waals surface area contributed by atoms with E-state index in [0.717, 1.165) is 12.8 Å². The molecule has 1 atom stereocenters. The number of hydrogen-bond donors (Lipinski definition) is 1. The molecule has 6 heteroatoms. The first-order chi connectivity index (χ1) is 9.86. The van der Waals surface area contributed by atoms with Crippen LogP contribution < -0.4 is 5.32 Å². The molecule has 6 nitrogen and oxygen atoms in total. The van der Waals surface area contributed by atoms with E-state index in [1.165, 1.54) is 0 Å². The van der Waals surface area contributed by atoms with Gasteiger partial charge >= 0.3 is 0 Å². The molecular formula is C15H28N2O4. The molecule has 0 aliphatic carbocycles. The number of rotatable bonds is 8. The van der Waals surface area contributed by atoms with E-state index in [1.807, 2.05) is 20.8 Å². The molecule has 1 N–H and O–H groups in total. The lowest BCUT2D eigenvalue weighted by atomic mass is 9.84. The lowest BCUT2D eigenvalue weighted by molar-refractivity contribution is -0.147. The molecule has 0 spiro atoms. The predicted octanol–water partition coefficient (Wildman–Crippen LogP) is 0.803. The van der Waals surface area contributed by atoms with Gasteiger partial charge < -0.3 is 19.7 Å². The fraction of sp³-hybridized carbons (Fsp3) is 0.867. The van der Waals surface area contributed by atoms with Crippen LogP contribution in [0.25, 0.3) is 0 Å². The fourth-order valence-corrected chi connectivity index (χ4v) is 2.23. The van der Waals surface area contributed by atoms with E-state index in [4.69, 9.17) is 9.47 Å². The Hall–Kier alpha value is -1.14. The van der Waals surface area contributed by atoms with Crippen LogP contribution in [0.5, 0.6) is 0 Å². The summed E-state index contributed by atoms with van der Waals surface area (Å²) >= 11 is 0. The van der Waals surface area contributed by atoms with Gasteiger partial charge in [-0.15, -0.1) is 0 Å². The highest BCUT2D eigenvalue weighted by atomic mass is 16.5. The molecule has 0 aromatic rings. The first-order valence-corrected chi connectivity index (χ1v) is 7.51. The second kappa shape index (κ2) is 8.34. The third kappa shape index (κ3) is 6.01. The molecule has 21 heavy (non-hydrogen) atoms. The minimum Gasteiger partial charge on any atom is -0.382 e. The summed E-state index contributed by atoms with van der Waals surface area (Å²) in [6.07, 6.45) is 1.71. The van der Waals surface area contributed by atoms with E-state index in [1.54, 1.807) is 12.0 Å². The zero-order valence-electron chi connectivity index (χ0n) is 13.6. The Morgan fingerprint density at radius 1 is 1.19 bits per heavy atom. The number of ether oxygens (including phenoxy) is 2. The van der Waals surface area contributed by atoms with Gasteiger partial charge in [0, 0.05) is 20.3 Å². The number of carbonyl (C=O) groups is 2. The normalized spacial score (nSPS) is 19.8. The minimum absolute atomic E-state index is 0.0161. The quantitative estimate of drug-likeness (QED) is 0.673. The van der Waals surface area contributed by atoms with Crippen LogP contribution in [0.1, 0.15) is 33.6 Å². The van der Waals surface area contributed by atoms with E-state index >= 15 is 0 Å². The summed E-state index contributed by atoms with van der Waals surface area (Å²) in [7, 11) is 1.64. The first-order valence-electron chi connectivity index (χ1n) is 7.51. The molecule has 0 bridgehead atoms. The van der Waals surface area contributed by atoms with Crippen LogP contribution in [0.3, 0.4) is 0 Å². The molecule has 1 saturated heterocycles. The van der Waals surface area contributed by atoms with Crippen LogP contribution in [0.15, 0.2) is 0 Å². The first kappa shape index (κ1) is 17.9. The van der Waals surface area contributed by atoms with Crippen molar-refractivity contribution in [3.63, 3.8) is 0 Å². The number of nitrogens with one attached hydrogen (secondary N) is 1. The van der Waals surface area contributed by atoms with E-state index in [0.29, 0.717) is 26.4 Å². The molecule has 0 saturated carbocycles. The Morgan fingerprint density at radius 2 is 1.90 bits per heavy atom. The van der Waals surface area contributed by atoms with Gasteiger partial charge in [0.15, 0.2) is 0 Å². The van der Waals surface area contributed by atoms with Crippen LogP contribution in [-0.2, 0) is 19.1 Å². The molecule has 1 aliphatic heterocycles. The molecule has 0 aromatic carbocycles. The van der Waals surface area contributed by atoms with Crippen LogP contribution >= 0.6 is 0 Å². The average Bonchev–Trinajstić information content (AvgIpc) is 2.39. The molecule has 1 fully saturated rings. The number of amides is 2. The monoisotopic (exact) mass is 300 g/mol. The average molecular weight is 300 g/mol. The highest BCUT2D eigenvalue weighted by Crippen LogP contribution is 2.23. The minimum atomic E-state index is -0.434. The number of methoxy groups -OCH3 is 1. The maximum Gasteiger partial charge on any atom is 0.246 e. The number of piperazine rings is 1. The van der Waals surface area contributed by atoms with Gasteiger partial charge in [-0.1, -0.05) is 20.8 Å². The molecular weight excluding hydrogens is 272 g/mol. The Morgan fingerprint density at radius 3 is 2.52 bits per heavy atom. The Balaban J connectivity index is 2.33. The lowest BCUT2D eigenvalue weighted by Crippen LogP contribution is -2.62. The number of nitrogens with zero attached hydrogens (tertiary/aromatic N) is 1. The van der Waals surface area contributed by atoms with Gasteiger partial charge in [-0.2, -0.15) is 0 Å². The van der Waals surface area contributed by atoms with Crippen molar-refractivity contribution < 1.29 is 19.1 Å². The van der Waals surface area contributed by atoms with Crippen molar-refractivity contribution in [1.82, 2.24) is 10.2 Å². The van der Waals surface area contributed by atoms with E-state index < -0.39 is 6.04 Å². The zero-order chi connectivity index (χ0) is 15.9. The predicted molar refractivity (Wildman–Crippen MR) is 79.9 cm³/mol. The number of unbranched alkanes of at least 4 members (excludes halogenated alkanes) is 1. The van der Waals surface area contributed by atoms with Gasteiger partial charge in [0.25, 0.3) is 0 Å². The molecule has 2 amide bonds. The van der Waals surface area contributed by atoms with E-state index in [9.17, 15) is 9.59 Å². The second-order valence-electron chi connectivity index (χ2n) is 6.44. The van der Waals surface area contributed by atoms with Gasteiger partial charge in [-0.3, -0.25) is 9.59 Å². The summed E-state index contributed by atoms with van der Waals surface area (Å²) in [4.78, 5) is 25.8. The molecule has 122 valence electrons. The Kier molecular flexibility index (Phi) is 7.11. The van der Waals surface area contributed by atoms with Gasteiger partial charge in [0.2, 0.25) is 11.8 Å². The maximum absolute atomic E-state index is 12.4. The summed E-state index contributed by atoms with van der Waals surface area (Å²) in [5.41, 5.74) is -0.269. The number of hydrogen-bond acceptors (Lipinski definition) is 4. The summed E-state index contributed by atoms with van der Waals surface area (Å²) in [6.45, 7) is 8.49. The molecule has 1 heterocycles. The summed E-state index contributed by atoms with van der Waals surface area (Å²) in [6, 6.07) is -0.434. The topological polar surface area (TPSA) is 67.9 Å². The lowest BCUT2D eigenvalue weighted by Gasteiger charge is -2.38. The van der Waals surface area contributed by atoms with E-state index in [-0.39, 0.29) is 23.8 Å². The fourth-order valence-electron chi connectivity index (χ4n) is 2.23. The van der Waals surface area contributed by atoms with Crippen molar-refractivity contribution >= 4 is 11.8 Å². The molecule has 0 radical (unpaired) electrons. The standard InChI is InChI=1S/C15H28N2O4/c1-15(2,3)13-14(19)17(11-12(18)16-13)7-5-6-8-21-10-9-20-4/h13H,5-11H2,1-4H3,(H,16,18). The van der Waals surface area contributed by atoms with Crippen molar-refractivity contribution in [1.29, 1.82) is 0 Å². The van der Waals surface area contributed by atoms with Crippen LogP contribution in [-0.4, -0.2) is 62.8 Å². The second-order valence-corrected chi connectivity index (χ2v) is 6.44. The smallest absolute Gasteiger partial charge is 0.246 e. The molecule has 1 unspecified atom stereocenters. The number of carbonyl (C=O) groups excluding carboxylic acids is 2. The van der Waals surface area contributed by atoms with Crippen molar-refractivity contribution in [3.8, 4) is 0 Å². The van der Waals surface area contributed by atoms with Crippen molar-refractivity contribution in [2.24, 2.45) is 5.41 Å². The van der Waals surface area contributed by atoms with Crippen LogP contribution in [0.2, 0.25) is 0 Å². The van der Waals surface area contributed by atoms with Gasteiger partial charge in [0.05, 0.1) is 19.8 Å². The van der Waals surface area contributed by atoms with Gasteiger partial charge in [-0.25, -0.2) is 0 Å². The van der Waals surface area contributed by atoms with Crippen molar-refractivity contribution in [2.45, 2.75) is 39.7 Å². The van der Waals surface area contributed by atoms with Crippen molar-refractivity contribution in [2.75, 3.05) is 40.0 Å². The summed E-state index contributed by atoms with van der Waals surface area (Å²) < 4.78 is 10.3. The van der Waals surface area contributed by atoms with Gasteiger partial charge in [-0.05, 0) is 18.3 Å².